The van der Waals surface area contributed by atoms with Gasteiger partial charge in [0.15, 0.2) is 0 Å². The molecule has 3 aromatic carbocycles. The summed E-state index contributed by atoms with van der Waals surface area (Å²) in [5.74, 6) is 0.408. The second-order valence-electron chi connectivity index (χ2n) is 9.63. The summed E-state index contributed by atoms with van der Waals surface area (Å²) in [5.41, 5.74) is 12.7. The molecule has 0 unspecified atom stereocenters. The zero-order valence-corrected chi connectivity index (χ0v) is 19.2. The summed E-state index contributed by atoms with van der Waals surface area (Å²) in [4.78, 5) is 13.2. The topological polar surface area (TPSA) is 79.2 Å². The van der Waals surface area contributed by atoms with E-state index < -0.39 is 0 Å². The molecule has 5 rings (SSSR count). The highest BCUT2D eigenvalue weighted by Crippen LogP contribution is 2.45. The van der Waals surface area contributed by atoms with Crippen LogP contribution in [0.3, 0.4) is 0 Å². The second-order valence-corrected chi connectivity index (χ2v) is 9.63. The second kappa shape index (κ2) is 8.91. The van der Waals surface area contributed by atoms with Crippen molar-refractivity contribution < 1.29 is 4.79 Å². The zero-order chi connectivity index (χ0) is 22.8. The van der Waals surface area contributed by atoms with Crippen LogP contribution in [0.4, 0.5) is 17.1 Å². The fourth-order valence-corrected chi connectivity index (χ4v) is 4.65. The van der Waals surface area contributed by atoms with Crippen LogP contribution in [0.1, 0.15) is 54.4 Å². The van der Waals surface area contributed by atoms with Crippen molar-refractivity contribution >= 4 is 23.0 Å². The molecule has 1 saturated carbocycles. The molecular weight excluding hydrogens is 408 g/mol. The predicted molar refractivity (Wildman–Crippen MR) is 137 cm³/mol. The van der Waals surface area contributed by atoms with Gasteiger partial charge < -0.3 is 21.7 Å². The number of carbonyl (C=O) groups excluding carboxylic acids is 1. The summed E-state index contributed by atoms with van der Waals surface area (Å²) in [7, 11) is 0. The Labute approximate surface area is 195 Å². The number of benzene rings is 3. The molecular formula is C28H32N4O. The monoisotopic (exact) mass is 440 g/mol. The number of nitrogens with one attached hydrogen (secondary N) is 3. The van der Waals surface area contributed by atoms with Crippen LogP contribution in [0.25, 0.3) is 11.1 Å². The van der Waals surface area contributed by atoms with E-state index in [-0.39, 0.29) is 11.4 Å². The average Bonchev–Trinajstić information content (AvgIpc) is 3.67. The lowest BCUT2D eigenvalue weighted by molar-refractivity contribution is 0.102. The van der Waals surface area contributed by atoms with E-state index in [9.17, 15) is 4.79 Å². The lowest BCUT2D eigenvalue weighted by Crippen LogP contribution is -2.45. The quantitative estimate of drug-likeness (QED) is 0.375. The molecule has 0 atom stereocenters. The van der Waals surface area contributed by atoms with E-state index in [4.69, 9.17) is 5.73 Å². The SMILES string of the molecule is CC1(Nc2ccc(C(=O)Nc3cc(-c4ccccc4)ccc3N)cc2C2CC2)CCNCC1. The first-order chi connectivity index (χ1) is 16.0. The first kappa shape index (κ1) is 21.5. The van der Waals surface area contributed by atoms with Gasteiger partial charge in [-0.15, -0.1) is 0 Å². The molecule has 3 aromatic rings. The number of anilines is 3. The van der Waals surface area contributed by atoms with Crippen molar-refractivity contribution in [3.8, 4) is 11.1 Å². The molecule has 1 saturated heterocycles. The zero-order valence-electron chi connectivity index (χ0n) is 19.2. The van der Waals surface area contributed by atoms with Crippen molar-refractivity contribution in [3.05, 3.63) is 77.9 Å². The van der Waals surface area contributed by atoms with Crippen molar-refractivity contribution in [1.29, 1.82) is 0 Å². The van der Waals surface area contributed by atoms with Crippen LogP contribution in [0.2, 0.25) is 0 Å². The summed E-state index contributed by atoms with van der Waals surface area (Å²) in [6.07, 6.45) is 4.56. The maximum Gasteiger partial charge on any atom is 0.255 e. The molecule has 1 aliphatic carbocycles. The first-order valence-corrected chi connectivity index (χ1v) is 11.9. The van der Waals surface area contributed by atoms with Gasteiger partial charge >= 0.3 is 0 Å². The van der Waals surface area contributed by atoms with Crippen LogP contribution in [0.15, 0.2) is 66.7 Å². The average molecular weight is 441 g/mol. The molecule has 170 valence electrons. The fourth-order valence-electron chi connectivity index (χ4n) is 4.65. The van der Waals surface area contributed by atoms with Gasteiger partial charge in [0.1, 0.15) is 0 Å². The van der Waals surface area contributed by atoms with Gasteiger partial charge in [-0.25, -0.2) is 0 Å². The number of carbonyl (C=O) groups is 1. The number of piperidine rings is 1. The molecule has 5 nitrogen and oxygen atoms in total. The first-order valence-electron chi connectivity index (χ1n) is 11.9. The minimum atomic E-state index is -0.131. The third-order valence-electron chi connectivity index (χ3n) is 6.88. The van der Waals surface area contributed by atoms with Gasteiger partial charge in [0.25, 0.3) is 5.91 Å². The van der Waals surface area contributed by atoms with E-state index in [0.717, 1.165) is 37.1 Å². The van der Waals surface area contributed by atoms with Crippen molar-refractivity contribution in [2.24, 2.45) is 0 Å². The van der Waals surface area contributed by atoms with Crippen molar-refractivity contribution in [1.82, 2.24) is 5.32 Å². The van der Waals surface area contributed by atoms with Gasteiger partial charge in [-0.3, -0.25) is 4.79 Å². The molecule has 0 radical (unpaired) electrons. The standard InChI is InChI=1S/C28H32N4O/c1-28(13-15-30-16-14-28)32-25-12-10-22(17-23(25)20-7-8-20)27(33)31-26-18-21(9-11-24(26)29)19-5-3-2-4-6-19/h2-6,9-12,17-18,20,30,32H,7-8,13-16,29H2,1H3,(H,31,33). The van der Waals surface area contributed by atoms with Gasteiger partial charge in [0, 0.05) is 16.8 Å². The van der Waals surface area contributed by atoms with Gasteiger partial charge in [-0.05, 0) is 98.6 Å². The summed E-state index contributed by atoms with van der Waals surface area (Å²) in [6, 6.07) is 21.9. The van der Waals surface area contributed by atoms with Crippen LogP contribution in [-0.4, -0.2) is 24.5 Å². The molecule has 5 heteroatoms. The Kier molecular flexibility index (Phi) is 5.81. The Bertz CT molecular complexity index is 1150. The number of hydrogen-bond acceptors (Lipinski definition) is 4. The molecule has 2 fully saturated rings. The normalized spacial score (nSPS) is 17.4. The van der Waals surface area contributed by atoms with Gasteiger partial charge in [-0.2, -0.15) is 0 Å². The molecule has 2 aliphatic rings. The molecule has 1 heterocycles. The van der Waals surface area contributed by atoms with E-state index in [1.54, 1.807) is 0 Å². The Balaban J connectivity index is 1.37. The Hall–Kier alpha value is -3.31. The van der Waals surface area contributed by atoms with Crippen LogP contribution < -0.4 is 21.7 Å². The number of nitrogen functional groups attached to an aromatic ring is 1. The summed E-state index contributed by atoms with van der Waals surface area (Å²) >= 11 is 0. The Morgan fingerprint density at radius 2 is 1.70 bits per heavy atom. The minimum absolute atomic E-state index is 0.0883. The maximum absolute atomic E-state index is 13.2. The largest absolute Gasteiger partial charge is 0.397 e. The molecule has 1 amide bonds. The number of rotatable bonds is 6. The highest BCUT2D eigenvalue weighted by molar-refractivity contribution is 6.06. The Morgan fingerprint density at radius 3 is 2.42 bits per heavy atom. The van der Waals surface area contributed by atoms with E-state index in [1.807, 2.05) is 54.6 Å². The Morgan fingerprint density at radius 1 is 0.939 bits per heavy atom. The lowest BCUT2D eigenvalue weighted by Gasteiger charge is -2.36. The van der Waals surface area contributed by atoms with Crippen LogP contribution in [0.5, 0.6) is 0 Å². The van der Waals surface area contributed by atoms with Crippen LogP contribution in [0, 0.1) is 0 Å². The van der Waals surface area contributed by atoms with Crippen LogP contribution in [-0.2, 0) is 0 Å². The van der Waals surface area contributed by atoms with Gasteiger partial charge in [0.2, 0.25) is 0 Å². The highest BCUT2D eigenvalue weighted by atomic mass is 16.1. The van der Waals surface area contributed by atoms with E-state index in [0.29, 0.717) is 22.9 Å². The molecule has 0 spiro atoms. The fraction of sp³-hybridized carbons (Fsp3) is 0.321. The minimum Gasteiger partial charge on any atom is -0.397 e. The number of hydrogen-bond donors (Lipinski definition) is 4. The van der Waals surface area contributed by atoms with E-state index in [2.05, 4.69) is 35.0 Å². The van der Waals surface area contributed by atoms with Gasteiger partial charge in [-0.1, -0.05) is 36.4 Å². The molecule has 1 aliphatic heterocycles. The molecule has 33 heavy (non-hydrogen) atoms. The third kappa shape index (κ3) is 4.88. The molecule has 5 N–H and O–H groups in total. The van der Waals surface area contributed by atoms with Crippen molar-refractivity contribution in [2.75, 3.05) is 29.5 Å². The van der Waals surface area contributed by atoms with Crippen LogP contribution >= 0.6 is 0 Å². The summed E-state index contributed by atoms with van der Waals surface area (Å²) < 4.78 is 0. The molecule has 0 bridgehead atoms. The smallest absolute Gasteiger partial charge is 0.255 e. The summed E-state index contributed by atoms with van der Waals surface area (Å²) in [6.45, 7) is 4.37. The number of nitrogens with two attached hydrogens (primary N) is 1. The van der Waals surface area contributed by atoms with Gasteiger partial charge in [0.05, 0.1) is 11.4 Å². The van der Waals surface area contributed by atoms with E-state index >= 15 is 0 Å². The third-order valence-corrected chi connectivity index (χ3v) is 6.88. The van der Waals surface area contributed by atoms with E-state index in [1.165, 1.54) is 24.1 Å². The maximum atomic E-state index is 13.2. The lowest BCUT2D eigenvalue weighted by atomic mass is 9.89. The molecule has 0 aromatic heterocycles. The van der Waals surface area contributed by atoms with Crippen molar-refractivity contribution in [3.63, 3.8) is 0 Å². The number of amides is 1. The van der Waals surface area contributed by atoms with Crippen molar-refractivity contribution in [2.45, 2.75) is 44.1 Å². The highest BCUT2D eigenvalue weighted by Gasteiger charge is 2.31. The summed E-state index contributed by atoms with van der Waals surface area (Å²) in [5, 5.41) is 10.3. The predicted octanol–water partition coefficient (Wildman–Crippen LogP) is 5.62.